The average molecular weight is 471 g/mol. The molecule has 0 saturated heterocycles. The summed E-state index contributed by atoms with van der Waals surface area (Å²) in [4.78, 5) is 24.9. The van der Waals surface area contributed by atoms with Crippen LogP contribution in [0.1, 0.15) is 35.3 Å². The van der Waals surface area contributed by atoms with Crippen molar-refractivity contribution in [3.63, 3.8) is 0 Å². The number of halogens is 2. The van der Waals surface area contributed by atoms with Crippen LogP contribution in [0.4, 0.5) is 11.4 Å². The smallest absolute Gasteiger partial charge is 0.262 e. The number of ether oxygens (including phenoxy) is 1. The summed E-state index contributed by atoms with van der Waals surface area (Å²) < 4.78 is 5.52. The van der Waals surface area contributed by atoms with Crippen LogP contribution in [0.3, 0.4) is 0 Å². The lowest BCUT2D eigenvalue weighted by Crippen LogP contribution is -2.20. The third-order valence-corrected chi connectivity index (χ3v) is 5.77. The van der Waals surface area contributed by atoms with Gasteiger partial charge >= 0.3 is 0 Å². The predicted molar refractivity (Wildman–Crippen MR) is 130 cm³/mol. The van der Waals surface area contributed by atoms with Crippen molar-refractivity contribution in [3.8, 4) is 5.75 Å². The molecule has 0 saturated carbocycles. The number of nitrogens with one attached hydrogen (secondary N) is 2. The van der Waals surface area contributed by atoms with E-state index >= 15 is 0 Å². The van der Waals surface area contributed by atoms with E-state index in [2.05, 4.69) is 24.5 Å². The molecule has 3 rings (SSSR count). The maximum Gasteiger partial charge on any atom is 0.262 e. The lowest BCUT2D eigenvalue weighted by Gasteiger charge is -2.14. The fourth-order valence-electron chi connectivity index (χ4n) is 3.23. The Labute approximate surface area is 197 Å². The molecule has 7 heteroatoms. The van der Waals surface area contributed by atoms with E-state index in [9.17, 15) is 9.59 Å². The van der Waals surface area contributed by atoms with E-state index in [1.165, 1.54) is 0 Å². The second-order valence-electron chi connectivity index (χ2n) is 7.08. The number of carbonyl (C=O) groups is 2. The Balaban J connectivity index is 1.60. The van der Waals surface area contributed by atoms with E-state index in [-0.39, 0.29) is 23.4 Å². The minimum Gasteiger partial charge on any atom is -0.484 e. The van der Waals surface area contributed by atoms with Gasteiger partial charge in [0, 0.05) is 11.3 Å². The second-order valence-corrected chi connectivity index (χ2v) is 7.86. The molecule has 2 amide bonds. The van der Waals surface area contributed by atoms with Crippen LogP contribution in [0.25, 0.3) is 0 Å². The van der Waals surface area contributed by atoms with Gasteiger partial charge in [0.15, 0.2) is 6.61 Å². The quantitative estimate of drug-likeness (QED) is 0.400. The van der Waals surface area contributed by atoms with Crippen molar-refractivity contribution in [3.05, 3.63) is 87.4 Å². The van der Waals surface area contributed by atoms with Crippen molar-refractivity contribution in [2.45, 2.75) is 26.7 Å². The van der Waals surface area contributed by atoms with Gasteiger partial charge in [-0.05, 0) is 60.4 Å². The van der Waals surface area contributed by atoms with Crippen molar-refractivity contribution < 1.29 is 14.3 Å². The predicted octanol–water partition coefficient (Wildman–Crippen LogP) is 6.39. The van der Waals surface area contributed by atoms with E-state index in [1.807, 2.05) is 18.2 Å². The molecule has 0 aromatic heterocycles. The third kappa shape index (κ3) is 5.81. The number of anilines is 2. The number of amides is 2. The van der Waals surface area contributed by atoms with Gasteiger partial charge in [-0.3, -0.25) is 9.59 Å². The SMILES string of the molecule is CCc1cccc(CC)c1NC(=O)c1ccc(OCC(=O)Nc2cccc(Cl)c2Cl)cc1. The number of rotatable bonds is 8. The van der Waals surface area contributed by atoms with Crippen molar-refractivity contribution in [2.24, 2.45) is 0 Å². The molecule has 5 nitrogen and oxygen atoms in total. The van der Waals surface area contributed by atoms with Crippen LogP contribution in [0.5, 0.6) is 5.75 Å². The number of hydrogen-bond acceptors (Lipinski definition) is 3. The molecule has 0 spiro atoms. The molecule has 0 heterocycles. The lowest BCUT2D eigenvalue weighted by molar-refractivity contribution is -0.118. The van der Waals surface area contributed by atoms with Crippen molar-refractivity contribution in [2.75, 3.05) is 17.2 Å². The van der Waals surface area contributed by atoms with Crippen LogP contribution in [0.2, 0.25) is 10.0 Å². The molecule has 0 fully saturated rings. The molecule has 0 aliphatic heterocycles. The zero-order valence-electron chi connectivity index (χ0n) is 17.9. The van der Waals surface area contributed by atoms with Gasteiger partial charge in [0.1, 0.15) is 5.75 Å². The number of aryl methyl sites for hydroxylation is 2. The largest absolute Gasteiger partial charge is 0.484 e. The Morgan fingerprint density at radius 1 is 0.844 bits per heavy atom. The van der Waals surface area contributed by atoms with Crippen LogP contribution in [0, 0.1) is 0 Å². The van der Waals surface area contributed by atoms with Crippen LogP contribution >= 0.6 is 23.2 Å². The van der Waals surface area contributed by atoms with Crippen molar-refractivity contribution in [1.82, 2.24) is 0 Å². The summed E-state index contributed by atoms with van der Waals surface area (Å²) in [7, 11) is 0. The zero-order valence-corrected chi connectivity index (χ0v) is 19.4. The summed E-state index contributed by atoms with van der Waals surface area (Å²) in [5, 5.41) is 6.32. The van der Waals surface area contributed by atoms with Crippen molar-refractivity contribution >= 4 is 46.4 Å². The molecule has 0 aliphatic carbocycles. The highest BCUT2D eigenvalue weighted by Crippen LogP contribution is 2.29. The molecule has 32 heavy (non-hydrogen) atoms. The molecular weight excluding hydrogens is 447 g/mol. The first-order valence-corrected chi connectivity index (χ1v) is 11.1. The summed E-state index contributed by atoms with van der Waals surface area (Å²) in [5.74, 6) is -0.100. The minimum absolute atomic E-state index is 0.194. The summed E-state index contributed by atoms with van der Waals surface area (Å²) in [6, 6.07) is 17.7. The molecule has 3 aromatic carbocycles. The molecule has 2 N–H and O–H groups in total. The Morgan fingerprint density at radius 3 is 2.09 bits per heavy atom. The number of hydrogen-bond donors (Lipinski definition) is 2. The van der Waals surface area contributed by atoms with Crippen LogP contribution < -0.4 is 15.4 Å². The van der Waals surface area contributed by atoms with E-state index < -0.39 is 0 Å². The fraction of sp³-hybridized carbons (Fsp3) is 0.200. The molecule has 3 aromatic rings. The Bertz CT molecular complexity index is 1090. The van der Waals surface area contributed by atoms with E-state index in [4.69, 9.17) is 27.9 Å². The van der Waals surface area contributed by atoms with Crippen LogP contribution in [-0.2, 0) is 17.6 Å². The van der Waals surface area contributed by atoms with Gasteiger partial charge in [0.2, 0.25) is 0 Å². The molecule has 0 unspecified atom stereocenters. The van der Waals surface area contributed by atoms with Gasteiger partial charge in [0.05, 0.1) is 15.7 Å². The van der Waals surface area contributed by atoms with Crippen LogP contribution in [-0.4, -0.2) is 18.4 Å². The maximum atomic E-state index is 12.8. The highest BCUT2D eigenvalue weighted by molar-refractivity contribution is 6.44. The Hall–Kier alpha value is -3.02. The number of benzene rings is 3. The van der Waals surface area contributed by atoms with Gasteiger partial charge in [-0.15, -0.1) is 0 Å². The van der Waals surface area contributed by atoms with E-state index in [0.29, 0.717) is 22.0 Å². The summed E-state index contributed by atoms with van der Waals surface area (Å²) in [6.45, 7) is 3.91. The van der Waals surface area contributed by atoms with Gasteiger partial charge in [-0.1, -0.05) is 61.3 Å². The maximum absolute atomic E-state index is 12.8. The normalized spacial score (nSPS) is 10.5. The second kappa shape index (κ2) is 11.0. The third-order valence-electron chi connectivity index (χ3n) is 4.95. The Kier molecular flexibility index (Phi) is 8.14. The summed E-state index contributed by atoms with van der Waals surface area (Å²) in [6.07, 6.45) is 1.66. The topological polar surface area (TPSA) is 67.4 Å². The highest BCUT2D eigenvalue weighted by Gasteiger charge is 2.13. The van der Waals surface area contributed by atoms with Crippen molar-refractivity contribution in [1.29, 1.82) is 0 Å². The lowest BCUT2D eigenvalue weighted by atomic mass is 10.0. The van der Waals surface area contributed by atoms with Crippen LogP contribution in [0.15, 0.2) is 60.7 Å². The molecule has 0 bridgehead atoms. The fourth-order valence-corrected chi connectivity index (χ4v) is 3.57. The molecule has 0 radical (unpaired) electrons. The van der Waals surface area contributed by atoms with Gasteiger partial charge < -0.3 is 15.4 Å². The number of para-hydroxylation sites is 1. The number of carbonyl (C=O) groups excluding carboxylic acids is 2. The molecule has 0 atom stereocenters. The first-order chi connectivity index (χ1) is 15.4. The summed E-state index contributed by atoms with van der Waals surface area (Å²) >= 11 is 12.0. The first-order valence-electron chi connectivity index (χ1n) is 10.3. The van der Waals surface area contributed by atoms with E-state index in [1.54, 1.807) is 42.5 Å². The van der Waals surface area contributed by atoms with Gasteiger partial charge in [-0.2, -0.15) is 0 Å². The van der Waals surface area contributed by atoms with Gasteiger partial charge in [-0.25, -0.2) is 0 Å². The molecular formula is C25H24Cl2N2O3. The highest BCUT2D eigenvalue weighted by atomic mass is 35.5. The van der Waals surface area contributed by atoms with Gasteiger partial charge in [0.25, 0.3) is 11.8 Å². The summed E-state index contributed by atoms with van der Waals surface area (Å²) in [5.41, 5.74) is 3.99. The average Bonchev–Trinajstić information content (AvgIpc) is 2.81. The first kappa shape index (κ1) is 23.6. The monoisotopic (exact) mass is 470 g/mol. The zero-order chi connectivity index (χ0) is 23.1. The molecule has 0 aliphatic rings. The minimum atomic E-state index is -0.376. The van der Waals surface area contributed by atoms with E-state index in [0.717, 1.165) is 29.7 Å². The molecule has 166 valence electrons. The standard InChI is InChI=1S/C25H24Cl2N2O3/c1-3-16-7-5-8-17(4-2)24(16)29-25(31)18-11-13-19(14-12-18)32-15-22(30)28-21-10-6-9-20(26)23(21)27/h5-14H,3-4,15H2,1-2H3,(H,28,30)(H,29,31). The Morgan fingerprint density at radius 2 is 1.47 bits per heavy atom.